The van der Waals surface area contributed by atoms with Gasteiger partial charge < -0.3 is 5.11 Å². The van der Waals surface area contributed by atoms with Crippen LogP contribution in [0.2, 0.25) is 0 Å². The molecule has 0 aliphatic rings. The first-order valence-electron chi connectivity index (χ1n) is 4.22. The quantitative estimate of drug-likeness (QED) is 0.694. The smallest absolute Gasteiger partial charge is 0.0597 e. The average Bonchev–Trinajstić information content (AvgIpc) is 2.23. The molecule has 1 heteroatoms. The lowest BCUT2D eigenvalue weighted by Crippen LogP contribution is -2.24. The highest BCUT2D eigenvalue weighted by Gasteiger charge is 2.23. The van der Waals surface area contributed by atoms with E-state index in [2.05, 4.69) is 13.2 Å². The van der Waals surface area contributed by atoms with Crippen LogP contribution in [-0.2, 0) is 5.41 Å². The van der Waals surface area contributed by atoms with Crippen molar-refractivity contribution >= 4 is 0 Å². The SMILES string of the molecule is C=CC(C=C)(CO)c1ccccc1. The molecule has 0 unspecified atom stereocenters. The molecule has 1 rings (SSSR count). The molecule has 1 aromatic rings. The highest BCUT2D eigenvalue weighted by Crippen LogP contribution is 2.25. The minimum absolute atomic E-state index is 0.00398. The monoisotopic (exact) mass is 174 g/mol. The molecule has 0 aliphatic carbocycles. The Balaban J connectivity index is 3.15. The molecular formula is C12H14O. The first kappa shape index (κ1) is 9.75. The Morgan fingerprint density at radius 2 is 1.69 bits per heavy atom. The van der Waals surface area contributed by atoms with Gasteiger partial charge in [0.05, 0.1) is 12.0 Å². The predicted octanol–water partition coefficient (Wildman–Crippen LogP) is 2.29. The summed E-state index contributed by atoms with van der Waals surface area (Å²) >= 11 is 0. The summed E-state index contributed by atoms with van der Waals surface area (Å²) in [5.74, 6) is 0. The van der Waals surface area contributed by atoms with E-state index >= 15 is 0 Å². The number of aliphatic hydroxyl groups excluding tert-OH is 1. The maximum absolute atomic E-state index is 9.29. The molecule has 0 aliphatic heterocycles. The van der Waals surface area contributed by atoms with Crippen LogP contribution in [0.5, 0.6) is 0 Å². The predicted molar refractivity (Wildman–Crippen MR) is 55.6 cm³/mol. The van der Waals surface area contributed by atoms with Gasteiger partial charge in [0.1, 0.15) is 0 Å². The molecule has 0 radical (unpaired) electrons. The van der Waals surface area contributed by atoms with E-state index in [0.29, 0.717) is 0 Å². The van der Waals surface area contributed by atoms with E-state index < -0.39 is 5.41 Å². The van der Waals surface area contributed by atoms with E-state index in [1.165, 1.54) is 0 Å². The van der Waals surface area contributed by atoms with Crippen LogP contribution in [0, 0.1) is 0 Å². The van der Waals surface area contributed by atoms with Gasteiger partial charge in [-0.25, -0.2) is 0 Å². The molecule has 0 saturated carbocycles. The second-order valence-electron chi connectivity index (χ2n) is 2.97. The first-order valence-corrected chi connectivity index (χ1v) is 4.22. The van der Waals surface area contributed by atoms with Crippen LogP contribution in [-0.4, -0.2) is 11.7 Å². The van der Waals surface area contributed by atoms with Gasteiger partial charge in [-0.1, -0.05) is 42.5 Å². The Labute approximate surface area is 79.0 Å². The highest BCUT2D eigenvalue weighted by atomic mass is 16.3. The lowest BCUT2D eigenvalue weighted by Gasteiger charge is -2.24. The molecule has 0 heterocycles. The van der Waals surface area contributed by atoms with Crippen LogP contribution in [0.4, 0.5) is 0 Å². The summed E-state index contributed by atoms with van der Waals surface area (Å²) in [7, 11) is 0. The third-order valence-electron chi connectivity index (χ3n) is 2.30. The van der Waals surface area contributed by atoms with Crippen molar-refractivity contribution in [1.29, 1.82) is 0 Å². The van der Waals surface area contributed by atoms with E-state index in [0.717, 1.165) is 5.56 Å². The van der Waals surface area contributed by atoms with E-state index in [1.54, 1.807) is 12.2 Å². The summed E-state index contributed by atoms with van der Waals surface area (Å²) in [4.78, 5) is 0. The van der Waals surface area contributed by atoms with Gasteiger partial charge in [0.2, 0.25) is 0 Å². The zero-order valence-corrected chi connectivity index (χ0v) is 7.61. The Morgan fingerprint density at radius 1 is 1.15 bits per heavy atom. The summed E-state index contributed by atoms with van der Waals surface area (Å²) in [6.45, 7) is 7.44. The Kier molecular flexibility index (Phi) is 3.04. The van der Waals surface area contributed by atoms with Crippen LogP contribution in [0.15, 0.2) is 55.6 Å². The van der Waals surface area contributed by atoms with Gasteiger partial charge in [-0.2, -0.15) is 0 Å². The third kappa shape index (κ3) is 1.70. The van der Waals surface area contributed by atoms with Crippen molar-refractivity contribution in [2.75, 3.05) is 6.61 Å². The standard InChI is InChI=1S/C12H14O/c1-3-12(4-2,10-13)11-8-6-5-7-9-11/h3-9,13H,1-2,10H2. The van der Waals surface area contributed by atoms with E-state index in [9.17, 15) is 5.11 Å². The largest absolute Gasteiger partial charge is 0.395 e. The van der Waals surface area contributed by atoms with Crippen LogP contribution in [0.25, 0.3) is 0 Å². The van der Waals surface area contributed by atoms with Crippen LogP contribution < -0.4 is 0 Å². The molecule has 0 spiro atoms. The van der Waals surface area contributed by atoms with Gasteiger partial charge in [0.25, 0.3) is 0 Å². The number of rotatable bonds is 4. The molecule has 0 amide bonds. The van der Waals surface area contributed by atoms with Crippen LogP contribution in [0.3, 0.4) is 0 Å². The van der Waals surface area contributed by atoms with Gasteiger partial charge in [-0.3, -0.25) is 0 Å². The number of aliphatic hydroxyl groups is 1. The summed E-state index contributed by atoms with van der Waals surface area (Å²) in [6, 6.07) is 9.73. The second kappa shape index (κ2) is 4.06. The maximum atomic E-state index is 9.29. The fourth-order valence-electron chi connectivity index (χ4n) is 1.29. The number of benzene rings is 1. The fourth-order valence-corrected chi connectivity index (χ4v) is 1.29. The molecule has 0 aromatic heterocycles. The molecule has 0 saturated heterocycles. The van der Waals surface area contributed by atoms with Crippen LogP contribution in [0.1, 0.15) is 5.56 Å². The average molecular weight is 174 g/mol. The molecule has 0 fully saturated rings. The molecule has 1 nitrogen and oxygen atoms in total. The molecule has 68 valence electrons. The van der Waals surface area contributed by atoms with Crippen molar-refractivity contribution in [3.63, 3.8) is 0 Å². The molecular weight excluding hydrogens is 160 g/mol. The minimum Gasteiger partial charge on any atom is -0.395 e. The zero-order chi connectivity index (χ0) is 9.73. The highest BCUT2D eigenvalue weighted by molar-refractivity contribution is 5.35. The summed E-state index contributed by atoms with van der Waals surface area (Å²) in [5.41, 5.74) is 0.517. The lowest BCUT2D eigenvalue weighted by molar-refractivity contribution is 0.252. The normalized spacial score (nSPS) is 10.8. The molecule has 1 aromatic carbocycles. The van der Waals surface area contributed by atoms with E-state index in [-0.39, 0.29) is 6.61 Å². The second-order valence-corrected chi connectivity index (χ2v) is 2.97. The molecule has 1 N–H and O–H groups in total. The Morgan fingerprint density at radius 3 is 2.08 bits per heavy atom. The van der Waals surface area contributed by atoms with Crippen molar-refractivity contribution in [2.45, 2.75) is 5.41 Å². The zero-order valence-electron chi connectivity index (χ0n) is 7.61. The Bertz CT molecular complexity index is 279. The first-order chi connectivity index (χ1) is 6.29. The summed E-state index contributed by atoms with van der Waals surface area (Å²) in [5, 5.41) is 9.29. The van der Waals surface area contributed by atoms with Crippen molar-refractivity contribution in [3.8, 4) is 0 Å². The topological polar surface area (TPSA) is 20.2 Å². The number of hydrogen-bond acceptors (Lipinski definition) is 1. The van der Waals surface area contributed by atoms with Gasteiger partial charge in [0, 0.05) is 0 Å². The van der Waals surface area contributed by atoms with Crippen LogP contribution >= 0.6 is 0 Å². The minimum atomic E-state index is -0.499. The van der Waals surface area contributed by atoms with Crippen molar-refractivity contribution < 1.29 is 5.11 Å². The van der Waals surface area contributed by atoms with Gasteiger partial charge in [-0.15, -0.1) is 13.2 Å². The van der Waals surface area contributed by atoms with Crippen molar-refractivity contribution in [3.05, 3.63) is 61.2 Å². The molecule has 0 atom stereocenters. The summed E-state index contributed by atoms with van der Waals surface area (Å²) in [6.07, 6.45) is 3.44. The maximum Gasteiger partial charge on any atom is 0.0597 e. The third-order valence-corrected chi connectivity index (χ3v) is 2.30. The van der Waals surface area contributed by atoms with Gasteiger partial charge in [-0.05, 0) is 5.56 Å². The Hall–Kier alpha value is -1.34. The number of hydrogen-bond donors (Lipinski definition) is 1. The van der Waals surface area contributed by atoms with Crippen molar-refractivity contribution in [2.24, 2.45) is 0 Å². The fraction of sp³-hybridized carbons (Fsp3) is 0.167. The van der Waals surface area contributed by atoms with Crippen molar-refractivity contribution in [1.82, 2.24) is 0 Å². The van der Waals surface area contributed by atoms with E-state index in [1.807, 2.05) is 30.3 Å². The van der Waals surface area contributed by atoms with E-state index in [4.69, 9.17) is 0 Å². The van der Waals surface area contributed by atoms with Gasteiger partial charge in [0.15, 0.2) is 0 Å². The summed E-state index contributed by atoms with van der Waals surface area (Å²) < 4.78 is 0. The molecule has 13 heavy (non-hydrogen) atoms. The molecule has 0 bridgehead atoms. The van der Waals surface area contributed by atoms with Gasteiger partial charge >= 0.3 is 0 Å². The lowest BCUT2D eigenvalue weighted by atomic mass is 9.82.